The first-order chi connectivity index (χ1) is 7.77. The van der Waals surface area contributed by atoms with E-state index in [-0.39, 0.29) is 6.04 Å². The summed E-state index contributed by atoms with van der Waals surface area (Å²) >= 11 is 3.51. The summed E-state index contributed by atoms with van der Waals surface area (Å²) in [7, 11) is 0. The molecule has 0 aliphatic rings. The molecule has 0 aliphatic heterocycles. The van der Waals surface area contributed by atoms with Gasteiger partial charge < -0.3 is 5.73 Å². The Morgan fingerprint density at radius 2 is 1.88 bits per heavy atom. The molecule has 1 aromatic heterocycles. The van der Waals surface area contributed by atoms with Crippen molar-refractivity contribution in [3.05, 3.63) is 58.6 Å². The lowest BCUT2D eigenvalue weighted by Gasteiger charge is -2.12. The van der Waals surface area contributed by atoms with Gasteiger partial charge in [-0.15, -0.1) is 0 Å². The van der Waals surface area contributed by atoms with Crippen molar-refractivity contribution in [3.63, 3.8) is 0 Å². The second-order valence-corrected chi connectivity index (χ2v) is 4.43. The molecule has 0 fully saturated rings. The maximum atomic E-state index is 6.10. The number of rotatable bonds is 3. The molecule has 1 aromatic carbocycles. The lowest BCUT2D eigenvalue weighted by Crippen LogP contribution is -2.14. The van der Waals surface area contributed by atoms with E-state index in [1.165, 1.54) is 11.9 Å². The Labute approximate surface area is 103 Å². The molecule has 1 unspecified atom stereocenters. The van der Waals surface area contributed by atoms with Gasteiger partial charge in [-0.1, -0.05) is 34.1 Å². The summed E-state index contributed by atoms with van der Waals surface area (Å²) in [6.07, 6.45) is 5.80. The zero-order chi connectivity index (χ0) is 11.4. The van der Waals surface area contributed by atoms with Gasteiger partial charge >= 0.3 is 0 Å². The summed E-state index contributed by atoms with van der Waals surface area (Å²) in [4.78, 5) is 7.93. The van der Waals surface area contributed by atoms with Gasteiger partial charge in [0.2, 0.25) is 0 Å². The van der Waals surface area contributed by atoms with Crippen molar-refractivity contribution in [3.8, 4) is 0 Å². The summed E-state index contributed by atoms with van der Waals surface area (Å²) in [5, 5.41) is 0. The number of aromatic nitrogens is 2. The topological polar surface area (TPSA) is 51.8 Å². The van der Waals surface area contributed by atoms with E-state index in [0.29, 0.717) is 0 Å². The number of hydrogen-bond donors (Lipinski definition) is 1. The Bertz CT molecular complexity index is 459. The van der Waals surface area contributed by atoms with Crippen LogP contribution in [-0.4, -0.2) is 9.97 Å². The molecular weight excluding hydrogens is 266 g/mol. The third-order valence-corrected chi connectivity index (χ3v) is 3.18. The van der Waals surface area contributed by atoms with Crippen molar-refractivity contribution >= 4 is 15.9 Å². The van der Waals surface area contributed by atoms with Crippen LogP contribution >= 0.6 is 15.9 Å². The van der Waals surface area contributed by atoms with Crippen molar-refractivity contribution in [2.75, 3.05) is 0 Å². The minimum Gasteiger partial charge on any atom is -0.324 e. The van der Waals surface area contributed by atoms with Crippen LogP contribution in [0.25, 0.3) is 0 Å². The van der Waals surface area contributed by atoms with Crippen molar-refractivity contribution in [1.82, 2.24) is 9.97 Å². The van der Waals surface area contributed by atoms with E-state index >= 15 is 0 Å². The molecule has 0 radical (unpaired) electrons. The van der Waals surface area contributed by atoms with Gasteiger partial charge in [-0.3, -0.25) is 0 Å². The highest BCUT2D eigenvalue weighted by Gasteiger charge is 2.09. The highest BCUT2D eigenvalue weighted by Crippen LogP contribution is 2.21. The van der Waals surface area contributed by atoms with Crippen LogP contribution in [0.3, 0.4) is 0 Å². The Kier molecular flexibility index (Phi) is 3.64. The van der Waals surface area contributed by atoms with Gasteiger partial charge in [-0.25, -0.2) is 9.97 Å². The van der Waals surface area contributed by atoms with Crippen LogP contribution in [0, 0.1) is 0 Å². The molecule has 2 rings (SSSR count). The highest BCUT2D eigenvalue weighted by atomic mass is 79.9. The molecule has 0 bridgehead atoms. The molecule has 2 aromatic rings. The van der Waals surface area contributed by atoms with E-state index in [1.54, 1.807) is 12.4 Å². The largest absolute Gasteiger partial charge is 0.324 e. The minimum absolute atomic E-state index is 0.0695. The van der Waals surface area contributed by atoms with Gasteiger partial charge in [0.15, 0.2) is 0 Å². The lowest BCUT2D eigenvalue weighted by atomic mass is 10.0. The summed E-state index contributed by atoms with van der Waals surface area (Å²) in [5.74, 6) is 0. The van der Waals surface area contributed by atoms with E-state index in [0.717, 1.165) is 16.5 Å². The van der Waals surface area contributed by atoms with Crippen LogP contribution in [0.4, 0.5) is 0 Å². The van der Waals surface area contributed by atoms with Crippen molar-refractivity contribution in [1.29, 1.82) is 0 Å². The number of benzene rings is 1. The molecule has 0 saturated carbocycles. The maximum absolute atomic E-state index is 6.10. The highest BCUT2D eigenvalue weighted by molar-refractivity contribution is 9.10. The predicted molar refractivity (Wildman–Crippen MR) is 66.8 cm³/mol. The Morgan fingerprint density at radius 1 is 1.19 bits per heavy atom. The van der Waals surface area contributed by atoms with Gasteiger partial charge in [-0.05, 0) is 18.1 Å². The molecule has 2 N–H and O–H groups in total. The quantitative estimate of drug-likeness (QED) is 0.938. The molecule has 1 heterocycles. The fraction of sp³-hybridized carbons (Fsp3) is 0.167. The molecule has 82 valence electrons. The van der Waals surface area contributed by atoms with E-state index < -0.39 is 0 Å². The van der Waals surface area contributed by atoms with Gasteiger partial charge in [-0.2, -0.15) is 0 Å². The molecule has 4 heteroatoms. The average Bonchev–Trinajstić information content (AvgIpc) is 2.33. The molecular formula is C12H12BrN3. The fourth-order valence-electron chi connectivity index (χ4n) is 1.52. The average molecular weight is 278 g/mol. The molecule has 0 saturated heterocycles. The van der Waals surface area contributed by atoms with E-state index in [1.807, 2.05) is 18.2 Å². The first kappa shape index (κ1) is 11.2. The molecule has 3 nitrogen and oxygen atoms in total. The van der Waals surface area contributed by atoms with E-state index in [4.69, 9.17) is 5.73 Å². The predicted octanol–water partition coefficient (Wildman–Crippen LogP) is 2.48. The summed E-state index contributed by atoms with van der Waals surface area (Å²) in [6, 6.07) is 8.01. The van der Waals surface area contributed by atoms with Gasteiger partial charge in [0, 0.05) is 28.5 Å². The first-order valence-electron chi connectivity index (χ1n) is 5.01. The number of nitrogens with two attached hydrogens (primary N) is 1. The van der Waals surface area contributed by atoms with Crippen molar-refractivity contribution in [2.45, 2.75) is 12.5 Å². The van der Waals surface area contributed by atoms with E-state index in [9.17, 15) is 0 Å². The SMILES string of the molecule is NC(Cc1ccccc1Br)c1cncnc1. The summed E-state index contributed by atoms with van der Waals surface area (Å²) < 4.78 is 1.09. The molecule has 16 heavy (non-hydrogen) atoms. The minimum atomic E-state index is -0.0695. The van der Waals surface area contributed by atoms with Crippen LogP contribution < -0.4 is 5.73 Å². The first-order valence-corrected chi connectivity index (χ1v) is 5.80. The zero-order valence-electron chi connectivity index (χ0n) is 8.68. The summed E-state index contributed by atoms with van der Waals surface area (Å²) in [6.45, 7) is 0. The van der Waals surface area contributed by atoms with Gasteiger partial charge in [0.1, 0.15) is 6.33 Å². The van der Waals surface area contributed by atoms with Crippen LogP contribution in [0.1, 0.15) is 17.2 Å². The lowest BCUT2D eigenvalue weighted by molar-refractivity contribution is 0.711. The number of halogens is 1. The fourth-order valence-corrected chi connectivity index (χ4v) is 1.97. The van der Waals surface area contributed by atoms with Crippen molar-refractivity contribution in [2.24, 2.45) is 5.73 Å². The molecule has 1 atom stereocenters. The van der Waals surface area contributed by atoms with Crippen LogP contribution in [-0.2, 0) is 6.42 Å². The zero-order valence-corrected chi connectivity index (χ0v) is 10.3. The van der Waals surface area contributed by atoms with Gasteiger partial charge in [0.25, 0.3) is 0 Å². The van der Waals surface area contributed by atoms with Gasteiger partial charge in [0.05, 0.1) is 0 Å². The standard InChI is InChI=1S/C12H12BrN3/c13-11-4-2-1-3-9(11)5-12(14)10-6-15-8-16-7-10/h1-4,6-8,12H,5,14H2. The number of nitrogens with zero attached hydrogens (tertiary/aromatic N) is 2. The smallest absolute Gasteiger partial charge is 0.115 e. The number of hydrogen-bond acceptors (Lipinski definition) is 3. The van der Waals surface area contributed by atoms with Crippen LogP contribution in [0.15, 0.2) is 47.5 Å². The second-order valence-electron chi connectivity index (χ2n) is 3.57. The monoisotopic (exact) mass is 277 g/mol. The normalized spacial score (nSPS) is 12.4. The Balaban J connectivity index is 2.14. The third kappa shape index (κ3) is 2.65. The molecule has 0 aliphatic carbocycles. The summed E-state index contributed by atoms with van der Waals surface area (Å²) in [5.41, 5.74) is 8.25. The van der Waals surface area contributed by atoms with Crippen LogP contribution in [0.5, 0.6) is 0 Å². The van der Waals surface area contributed by atoms with Crippen molar-refractivity contribution < 1.29 is 0 Å². The van der Waals surface area contributed by atoms with E-state index in [2.05, 4.69) is 32.0 Å². The van der Waals surface area contributed by atoms with Crippen LogP contribution in [0.2, 0.25) is 0 Å². The second kappa shape index (κ2) is 5.18. The molecule has 0 amide bonds. The third-order valence-electron chi connectivity index (χ3n) is 2.41. The molecule has 0 spiro atoms. The maximum Gasteiger partial charge on any atom is 0.115 e. The Hall–Kier alpha value is -1.26. The Morgan fingerprint density at radius 3 is 2.56 bits per heavy atom.